The van der Waals surface area contributed by atoms with Crippen LogP contribution in [0, 0.1) is 11.3 Å². The highest BCUT2D eigenvalue weighted by molar-refractivity contribution is 7.92. The molecule has 0 atom stereocenters. The molecular weight excluding hydrogens is 468 g/mol. The van der Waals surface area contributed by atoms with E-state index in [-0.39, 0.29) is 39.3 Å². The van der Waals surface area contributed by atoms with Gasteiger partial charge in [0.1, 0.15) is 34.5 Å². The molecule has 2 aromatic heterocycles. The van der Waals surface area contributed by atoms with Crippen LogP contribution in [0.4, 0.5) is 11.5 Å². The highest BCUT2D eigenvalue weighted by Gasteiger charge is 2.24. The van der Waals surface area contributed by atoms with Crippen LogP contribution in [0.2, 0.25) is 0 Å². The molecule has 4 aromatic rings. The average Bonchev–Trinajstić information content (AvgIpc) is 3.24. The zero-order chi connectivity index (χ0) is 25.3. The molecule has 0 aliphatic carbocycles. The lowest BCUT2D eigenvalue weighted by Gasteiger charge is -2.14. The quantitative estimate of drug-likeness (QED) is 0.373. The SMILES string of the molecule is COc1ccc(C(=O)c2cn(C(C)C)c3ncnc(N)c23)cc1NS(=O)(=O)c1ccccc1C#N. The number of methoxy groups -OCH3 is 1. The first-order chi connectivity index (χ1) is 16.7. The minimum absolute atomic E-state index is 0.00629. The summed E-state index contributed by atoms with van der Waals surface area (Å²) in [5, 5.41) is 9.73. The molecule has 0 radical (unpaired) electrons. The first kappa shape index (κ1) is 23.7. The molecule has 0 amide bonds. The van der Waals surface area contributed by atoms with Crippen molar-refractivity contribution in [3.05, 3.63) is 71.7 Å². The van der Waals surface area contributed by atoms with Crippen LogP contribution < -0.4 is 15.2 Å². The van der Waals surface area contributed by atoms with E-state index in [1.54, 1.807) is 12.3 Å². The van der Waals surface area contributed by atoms with Crippen molar-refractivity contribution in [2.75, 3.05) is 17.6 Å². The molecule has 0 bridgehead atoms. The maximum Gasteiger partial charge on any atom is 0.263 e. The fraction of sp³-hybridized carbons (Fsp3) is 0.167. The summed E-state index contributed by atoms with van der Waals surface area (Å²) in [7, 11) is -2.77. The van der Waals surface area contributed by atoms with Crippen LogP contribution in [-0.4, -0.2) is 35.8 Å². The Morgan fingerprint density at radius 3 is 2.63 bits per heavy atom. The zero-order valence-corrected chi connectivity index (χ0v) is 20.0. The number of fused-ring (bicyclic) bond motifs is 1. The summed E-state index contributed by atoms with van der Waals surface area (Å²) in [6.45, 7) is 3.90. The molecule has 2 aromatic carbocycles. The number of nitrogens with one attached hydrogen (secondary N) is 1. The van der Waals surface area contributed by atoms with E-state index in [9.17, 15) is 18.5 Å². The largest absolute Gasteiger partial charge is 0.495 e. The summed E-state index contributed by atoms with van der Waals surface area (Å²) < 4.78 is 35.7. The molecule has 10 nitrogen and oxygen atoms in total. The average molecular weight is 491 g/mol. The molecule has 3 N–H and O–H groups in total. The maximum atomic E-state index is 13.6. The molecule has 0 aliphatic heterocycles. The first-order valence-electron chi connectivity index (χ1n) is 10.5. The third-order valence-corrected chi connectivity index (χ3v) is 6.87. The topological polar surface area (TPSA) is 153 Å². The van der Waals surface area contributed by atoms with Gasteiger partial charge in [-0.05, 0) is 44.2 Å². The number of benzene rings is 2. The number of nitrogens with zero attached hydrogens (tertiary/aromatic N) is 4. The molecule has 2 heterocycles. The third kappa shape index (κ3) is 4.27. The molecule has 0 spiro atoms. The molecule has 0 aliphatic rings. The van der Waals surface area contributed by atoms with Crippen molar-refractivity contribution < 1.29 is 17.9 Å². The van der Waals surface area contributed by atoms with Gasteiger partial charge in [-0.25, -0.2) is 18.4 Å². The molecule has 35 heavy (non-hydrogen) atoms. The number of aromatic nitrogens is 3. The van der Waals surface area contributed by atoms with E-state index in [4.69, 9.17) is 10.5 Å². The van der Waals surface area contributed by atoms with Crippen LogP contribution in [-0.2, 0) is 10.0 Å². The highest BCUT2D eigenvalue weighted by atomic mass is 32.2. The van der Waals surface area contributed by atoms with Crippen LogP contribution in [0.5, 0.6) is 5.75 Å². The van der Waals surface area contributed by atoms with Gasteiger partial charge in [0.05, 0.1) is 29.3 Å². The van der Waals surface area contributed by atoms with Crippen LogP contribution in [0.25, 0.3) is 11.0 Å². The van der Waals surface area contributed by atoms with Gasteiger partial charge < -0.3 is 15.0 Å². The lowest BCUT2D eigenvalue weighted by molar-refractivity contribution is 0.104. The van der Waals surface area contributed by atoms with E-state index >= 15 is 0 Å². The number of hydrogen-bond acceptors (Lipinski definition) is 8. The lowest BCUT2D eigenvalue weighted by atomic mass is 10.0. The lowest BCUT2D eigenvalue weighted by Crippen LogP contribution is -2.15. The highest BCUT2D eigenvalue weighted by Crippen LogP contribution is 2.32. The molecule has 0 unspecified atom stereocenters. The minimum Gasteiger partial charge on any atom is -0.495 e. The predicted octanol–water partition coefficient (Wildman–Crippen LogP) is 3.51. The Morgan fingerprint density at radius 2 is 1.94 bits per heavy atom. The number of nitriles is 1. The maximum absolute atomic E-state index is 13.6. The van der Waals surface area contributed by atoms with Crippen molar-refractivity contribution in [1.29, 1.82) is 5.26 Å². The van der Waals surface area contributed by atoms with Crippen molar-refractivity contribution >= 4 is 38.3 Å². The second-order valence-corrected chi connectivity index (χ2v) is 9.61. The summed E-state index contributed by atoms with van der Waals surface area (Å²) in [5.74, 6) is -0.0243. The predicted molar refractivity (Wildman–Crippen MR) is 131 cm³/mol. The Labute approximate surface area is 202 Å². The van der Waals surface area contributed by atoms with E-state index in [0.29, 0.717) is 16.6 Å². The molecule has 178 valence electrons. The van der Waals surface area contributed by atoms with E-state index in [2.05, 4.69) is 14.7 Å². The number of carbonyl (C=O) groups excluding carboxylic acids is 1. The van der Waals surface area contributed by atoms with E-state index in [1.165, 1.54) is 49.8 Å². The summed E-state index contributed by atoms with van der Waals surface area (Å²) in [4.78, 5) is 21.7. The van der Waals surface area contributed by atoms with Crippen LogP contribution in [0.15, 0.2) is 59.9 Å². The summed E-state index contributed by atoms with van der Waals surface area (Å²) in [6.07, 6.45) is 3.00. The molecule has 4 rings (SSSR count). The second kappa shape index (κ2) is 9.08. The minimum atomic E-state index is -4.15. The number of anilines is 2. The third-order valence-electron chi connectivity index (χ3n) is 5.44. The van der Waals surface area contributed by atoms with Gasteiger partial charge in [-0.15, -0.1) is 0 Å². The van der Waals surface area contributed by atoms with E-state index in [1.807, 2.05) is 24.5 Å². The Bertz CT molecular complexity index is 1600. The van der Waals surface area contributed by atoms with E-state index < -0.39 is 15.8 Å². The van der Waals surface area contributed by atoms with Crippen molar-refractivity contribution in [2.45, 2.75) is 24.8 Å². The molecule has 0 saturated carbocycles. The van der Waals surface area contributed by atoms with Gasteiger partial charge in [0, 0.05) is 17.8 Å². The van der Waals surface area contributed by atoms with E-state index in [0.717, 1.165) is 0 Å². The number of ether oxygens (including phenoxy) is 1. The number of nitrogens with two attached hydrogens (primary N) is 1. The van der Waals surface area contributed by atoms with Gasteiger partial charge in [-0.3, -0.25) is 9.52 Å². The van der Waals surface area contributed by atoms with Gasteiger partial charge in [-0.1, -0.05) is 12.1 Å². The number of hydrogen-bond donors (Lipinski definition) is 2. The zero-order valence-electron chi connectivity index (χ0n) is 19.2. The van der Waals surface area contributed by atoms with Gasteiger partial charge >= 0.3 is 0 Å². The Morgan fingerprint density at radius 1 is 1.20 bits per heavy atom. The molecular formula is C24H22N6O4S. The van der Waals surface area contributed by atoms with Crippen molar-refractivity contribution in [1.82, 2.24) is 14.5 Å². The Kier molecular flexibility index (Phi) is 6.15. The van der Waals surface area contributed by atoms with Crippen molar-refractivity contribution in [3.8, 4) is 11.8 Å². The molecule has 0 saturated heterocycles. The normalized spacial score (nSPS) is 11.4. The second-order valence-electron chi connectivity index (χ2n) is 7.96. The Hall–Kier alpha value is -4.43. The fourth-order valence-electron chi connectivity index (χ4n) is 3.75. The smallest absolute Gasteiger partial charge is 0.263 e. The van der Waals surface area contributed by atoms with Gasteiger partial charge in [0.15, 0.2) is 5.78 Å². The monoisotopic (exact) mass is 490 g/mol. The van der Waals surface area contributed by atoms with Gasteiger partial charge in [0.2, 0.25) is 0 Å². The van der Waals surface area contributed by atoms with Crippen molar-refractivity contribution in [2.24, 2.45) is 0 Å². The van der Waals surface area contributed by atoms with Gasteiger partial charge in [0.25, 0.3) is 10.0 Å². The number of carbonyl (C=O) groups is 1. The van der Waals surface area contributed by atoms with Crippen LogP contribution in [0.3, 0.4) is 0 Å². The molecule has 11 heteroatoms. The standard InChI is InChI=1S/C24H22N6O4S/c1-14(2)30-12-17(21-23(26)27-13-28-24(21)30)22(31)15-8-9-19(34-3)18(10-15)29-35(32,33)20-7-5-4-6-16(20)11-25/h4-10,12-14,29H,1-3H3,(H2,26,27,28). The van der Waals surface area contributed by atoms with Gasteiger partial charge in [-0.2, -0.15) is 5.26 Å². The first-order valence-corrected chi connectivity index (χ1v) is 12.0. The Balaban J connectivity index is 1.81. The number of rotatable bonds is 7. The number of sulfonamides is 1. The van der Waals surface area contributed by atoms with Crippen LogP contribution >= 0.6 is 0 Å². The number of ketones is 1. The summed E-state index contributed by atoms with van der Waals surface area (Å²) >= 11 is 0. The summed E-state index contributed by atoms with van der Waals surface area (Å²) in [6, 6.07) is 12.1. The van der Waals surface area contributed by atoms with Crippen molar-refractivity contribution in [3.63, 3.8) is 0 Å². The summed E-state index contributed by atoms with van der Waals surface area (Å²) in [5.41, 5.74) is 7.13. The fourth-order valence-corrected chi connectivity index (χ4v) is 4.97. The number of nitrogen functional groups attached to an aromatic ring is 1. The van der Waals surface area contributed by atoms with Crippen LogP contribution in [0.1, 0.15) is 41.4 Å². The molecule has 0 fully saturated rings.